The Morgan fingerprint density at radius 1 is 1.18 bits per heavy atom. The van der Waals surface area contributed by atoms with Crippen LogP contribution in [0.25, 0.3) is 0 Å². The normalized spacial score (nSPS) is 11.6. The van der Waals surface area contributed by atoms with Crippen molar-refractivity contribution in [2.45, 2.75) is 13.0 Å². The fourth-order valence-corrected chi connectivity index (χ4v) is 2.06. The van der Waals surface area contributed by atoms with Gasteiger partial charge in [0.15, 0.2) is 5.11 Å². The zero-order valence-corrected chi connectivity index (χ0v) is 12.8. The van der Waals surface area contributed by atoms with Gasteiger partial charge in [-0.3, -0.25) is 0 Å². The van der Waals surface area contributed by atoms with Crippen molar-refractivity contribution < 1.29 is 13.5 Å². The van der Waals surface area contributed by atoms with E-state index in [1.807, 2.05) is 37.3 Å². The molecule has 3 nitrogen and oxygen atoms in total. The molecule has 2 rings (SSSR count). The predicted molar refractivity (Wildman–Crippen MR) is 87.1 cm³/mol. The van der Waals surface area contributed by atoms with Crippen LogP contribution in [-0.4, -0.2) is 17.8 Å². The fourth-order valence-electron chi connectivity index (χ4n) is 1.75. The van der Waals surface area contributed by atoms with Gasteiger partial charge in [0.05, 0.1) is 11.7 Å². The molecule has 22 heavy (non-hydrogen) atoms. The number of nitrogens with one attached hydrogen (secondary N) is 2. The zero-order valence-electron chi connectivity index (χ0n) is 12.0. The Morgan fingerprint density at radius 3 is 2.59 bits per heavy atom. The molecule has 2 aromatic carbocycles. The molecule has 0 heterocycles. The van der Waals surface area contributed by atoms with Gasteiger partial charge in [-0.2, -0.15) is 0 Å². The highest BCUT2D eigenvalue weighted by atomic mass is 32.1. The Bertz CT molecular complexity index is 637. The van der Waals surface area contributed by atoms with Crippen molar-refractivity contribution in [2.75, 3.05) is 11.9 Å². The third kappa shape index (κ3) is 4.96. The number of hydrogen-bond acceptors (Lipinski definition) is 2. The summed E-state index contributed by atoms with van der Waals surface area (Å²) in [7, 11) is 0. The summed E-state index contributed by atoms with van der Waals surface area (Å²) < 4.78 is 31.9. The maximum Gasteiger partial charge on any atom is 0.171 e. The number of hydrogen-bond donors (Lipinski definition) is 2. The van der Waals surface area contributed by atoms with Crippen molar-refractivity contribution in [1.29, 1.82) is 0 Å². The van der Waals surface area contributed by atoms with E-state index in [9.17, 15) is 8.78 Å². The summed E-state index contributed by atoms with van der Waals surface area (Å²) >= 11 is 5.10. The average Bonchev–Trinajstić information content (AvgIpc) is 2.49. The van der Waals surface area contributed by atoms with Crippen LogP contribution >= 0.6 is 12.2 Å². The van der Waals surface area contributed by atoms with Crippen molar-refractivity contribution in [3.05, 3.63) is 60.2 Å². The van der Waals surface area contributed by atoms with Crippen LogP contribution in [0.15, 0.2) is 48.5 Å². The lowest BCUT2D eigenvalue weighted by Crippen LogP contribution is -2.39. The summed E-state index contributed by atoms with van der Waals surface area (Å²) in [6, 6.07) is 12.6. The Kier molecular flexibility index (Phi) is 5.66. The molecule has 0 aliphatic carbocycles. The topological polar surface area (TPSA) is 33.3 Å². The van der Waals surface area contributed by atoms with Gasteiger partial charge in [-0.05, 0) is 43.4 Å². The number of benzene rings is 2. The van der Waals surface area contributed by atoms with Crippen LogP contribution in [0.3, 0.4) is 0 Å². The van der Waals surface area contributed by atoms with Gasteiger partial charge in [0, 0.05) is 6.07 Å². The molecule has 0 aliphatic heterocycles. The van der Waals surface area contributed by atoms with Gasteiger partial charge in [-0.25, -0.2) is 8.78 Å². The van der Waals surface area contributed by atoms with E-state index >= 15 is 0 Å². The van der Waals surface area contributed by atoms with Crippen LogP contribution in [0.5, 0.6) is 5.75 Å². The Labute approximate surface area is 133 Å². The molecule has 0 radical (unpaired) electrons. The fraction of sp³-hybridized carbons (Fsp3) is 0.188. The van der Waals surface area contributed by atoms with E-state index in [4.69, 9.17) is 17.0 Å². The maximum absolute atomic E-state index is 13.5. The third-order valence-corrected chi connectivity index (χ3v) is 3.02. The zero-order chi connectivity index (χ0) is 15.9. The lowest BCUT2D eigenvalue weighted by molar-refractivity contribution is 0.287. The molecular formula is C16H16F2N2OS. The van der Waals surface area contributed by atoms with Crippen LogP contribution < -0.4 is 15.4 Å². The van der Waals surface area contributed by atoms with Gasteiger partial charge < -0.3 is 15.4 Å². The largest absolute Gasteiger partial charge is 0.491 e. The number of thiocarbonyl (C=S) groups is 1. The SMILES string of the molecule is C[C@@H](COc1ccccc1)NC(=S)Nc1ccc(F)cc1F. The van der Waals surface area contributed by atoms with Gasteiger partial charge in [0.25, 0.3) is 0 Å². The van der Waals surface area contributed by atoms with Crippen LogP contribution in [-0.2, 0) is 0 Å². The molecule has 2 N–H and O–H groups in total. The van der Waals surface area contributed by atoms with E-state index in [1.54, 1.807) is 0 Å². The highest BCUT2D eigenvalue weighted by molar-refractivity contribution is 7.80. The summed E-state index contributed by atoms with van der Waals surface area (Å²) in [5, 5.41) is 5.91. The van der Waals surface area contributed by atoms with Gasteiger partial charge in [0.1, 0.15) is 24.0 Å². The number of para-hydroxylation sites is 1. The second kappa shape index (κ2) is 7.70. The Balaban J connectivity index is 1.81. The summed E-state index contributed by atoms with van der Waals surface area (Å²) in [4.78, 5) is 0. The number of rotatable bonds is 5. The van der Waals surface area contributed by atoms with Gasteiger partial charge in [-0.15, -0.1) is 0 Å². The minimum atomic E-state index is -0.697. The highest BCUT2D eigenvalue weighted by Crippen LogP contribution is 2.14. The first-order valence-corrected chi connectivity index (χ1v) is 7.16. The van der Waals surface area contributed by atoms with E-state index in [2.05, 4.69) is 10.6 Å². The molecule has 0 amide bonds. The molecule has 116 valence electrons. The molecular weight excluding hydrogens is 306 g/mol. The van der Waals surface area contributed by atoms with Crippen molar-refractivity contribution in [2.24, 2.45) is 0 Å². The van der Waals surface area contributed by atoms with Gasteiger partial charge in [0.2, 0.25) is 0 Å². The molecule has 6 heteroatoms. The average molecular weight is 322 g/mol. The first-order chi connectivity index (χ1) is 10.5. The van der Waals surface area contributed by atoms with Crippen LogP contribution in [0.2, 0.25) is 0 Å². The van der Waals surface area contributed by atoms with E-state index < -0.39 is 11.6 Å². The molecule has 1 atom stereocenters. The monoisotopic (exact) mass is 322 g/mol. The maximum atomic E-state index is 13.5. The molecule has 0 fully saturated rings. The molecule has 0 saturated carbocycles. The molecule has 2 aromatic rings. The number of ether oxygens (including phenoxy) is 1. The van der Waals surface area contributed by atoms with Gasteiger partial charge >= 0.3 is 0 Å². The highest BCUT2D eigenvalue weighted by Gasteiger charge is 2.08. The Hall–Kier alpha value is -2.21. The van der Waals surface area contributed by atoms with Crippen molar-refractivity contribution in [3.63, 3.8) is 0 Å². The van der Waals surface area contributed by atoms with Crippen molar-refractivity contribution in [1.82, 2.24) is 5.32 Å². The summed E-state index contributed by atoms with van der Waals surface area (Å²) in [6.45, 7) is 2.29. The molecule has 0 aromatic heterocycles. The Morgan fingerprint density at radius 2 is 1.91 bits per heavy atom. The predicted octanol–water partition coefficient (Wildman–Crippen LogP) is 3.72. The minimum absolute atomic E-state index is 0.0799. The quantitative estimate of drug-likeness (QED) is 0.822. The van der Waals surface area contributed by atoms with Crippen LogP contribution in [0.4, 0.5) is 14.5 Å². The molecule has 0 spiro atoms. The van der Waals surface area contributed by atoms with Crippen LogP contribution in [0.1, 0.15) is 6.92 Å². The number of halogens is 2. The van der Waals surface area contributed by atoms with Crippen molar-refractivity contribution >= 4 is 23.0 Å². The summed E-state index contributed by atoms with van der Waals surface area (Å²) in [5.41, 5.74) is 0.120. The molecule has 0 saturated heterocycles. The second-order valence-electron chi connectivity index (χ2n) is 4.75. The standard InChI is InChI=1S/C16H16F2N2OS/c1-11(10-21-13-5-3-2-4-6-13)19-16(22)20-15-8-7-12(17)9-14(15)18/h2-9,11H,10H2,1H3,(H2,19,20,22)/t11-/m0/s1. The van der Waals surface area contributed by atoms with E-state index in [-0.39, 0.29) is 16.8 Å². The summed E-state index contributed by atoms with van der Waals surface area (Å²) in [6.07, 6.45) is 0. The van der Waals surface area contributed by atoms with Crippen LogP contribution in [0, 0.1) is 11.6 Å². The van der Waals surface area contributed by atoms with E-state index in [0.717, 1.165) is 17.9 Å². The lowest BCUT2D eigenvalue weighted by atomic mass is 10.3. The first-order valence-electron chi connectivity index (χ1n) is 6.75. The van der Waals surface area contributed by atoms with E-state index in [1.165, 1.54) is 6.07 Å². The smallest absolute Gasteiger partial charge is 0.171 e. The molecule has 0 aliphatic rings. The van der Waals surface area contributed by atoms with Gasteiger partial charge in [-0.1, -0.05) is 18.2 Å². The van der Waals surface area contributed by atoms with Crippen molar-refractivity contribution in [3.8, 4) is 5.75 Å². The summed E-state index contributed by atoms with van der Waals surface area (Å²) in [5.74, 6) is -0.566. The third-order valence-electron chi connectivity index (χ3n) is 2.80. The second-order valence-corrected chi connectivity index (χ2v) is 5.16. The molecule has 0 unspecified atom stereocenters. The van der Waals surface area contributed by atoms with E-state index in [0.29, 0.717) is 6.61 Å². The first kappa shape index (κ1) is 16.2. The molecule has 0 bridgehead atoms. The minimum Gasteiger partial charge on any atom is -0.491 e. The lowest BCUT2D eigenvalue weighted by Gasteiger charge is -2.18. The number of anilines is 1.